The molecular weight excluding hydrogens is 592 g/mol. The van der Waals surface area contributed by atoms with Gasteiger partial charge in [-0.15, -0.1) is 0 Å². The number of esters is 2. The molecule has 1 aliphatic rings. The largest absolute Gasteiger partial charge is 0.462 e. The van der Waals surface area contributed by atoms with Gasteiger partial charge in [-0.1, -0.05) is 36.2 Å². The van der Waals surface area contributed by atoms with Gasteiger partial charge >= 0.3 is 11.9 Å². The molecule has 2 aromatic carbocycles. The van der Waals surface area contributed by atoms with Crippen LogP contribution in [0, 0.1) is 17.0 Å². The Kier molecular flexibility index (Phi) is 12.6. The number of nitro groups is 1. The van der Waals surface area contributed by atoms with E-state index in [2.05, 4.69) is 5.32 Å². The average Bonchev–Trinajstić information content (AvgIpc) is 2.98. The second-order valence-electron chi connectivity index (χ2n) is 10.3. The predicted octanol–water partition coefficient (Wildman–Crippen LogP) is 4.84. The molecule has 0 radical (unpaired) electrons. The fraction of sp³-hybridized carbons (Fsp3) is 0.419. The van der Waals surface area contributed by atoms with Gasteiger partial charge in [-0.3, -0.25) is 14.3 Å². The Balaban J connectivity index is 1.62. The molecule has 2 aromatic rings. The summed E-state index contributed by atoms with van der Waals surface area (Å²) in [5.74, 6) is -2.33. The Morgan fingerprint density at radius 1 is 0.841 bits per heavy atom. The molecule has 1 heterocycles. The molecule has 13 heteroatoms. The lowest BCUT2D eigenvalue weighted by Gasteiger charge is -2.30. The smallest absolute Gasteiger partial charge is 0.336 e. The van der Waals surface area contributed by atoms with E-state index in [1.54, 1.807) is 32.0 Å². The first-order valence-corrected chi connectivity index (χ1v) is 15.6. The molecule has 1 aliphatic heterocycles. The Morgan fingerprint density at radius 3 is 2.02 bits per heavy atom. The number of aryl methyl sites for hydroxylation is 1. The summed E-state index contributed by atoms with van der Waals surface area (Å²) in [5, 5.41) is 14.5. The molecule has 0 aromatic heterocycles. The van der Waals surface area contributed by atoms with Crippen molar-refractivity contribution in [2.24, 2.45) is 0 Å². The first-order chi connectivity index (χ1) is 21.0. The average molecular weight is 631 g/mol. The van der Waals surface area contributed by atoms with Crippen molar-refractivity contribution in [3.8, 4) is 0 Å². The van der Waals surface area contributed by atoms with Crippen molar-refractivity contribution in [3.63, 3.8) is 0 Å². The topological polar surface area (TPSA) is 160 Å². The summed E-state index contributed by atoms with van der Waals surface area (Å²) in [4.78, 5) is 37.6. The van der Waals surface area contributed by atoms with Gasteiger partial charge in [0, 0.05) is 30.6 Å². The minimum Gasteiger partial charge on any atom is -0.462 e. The normalized spacial score (nSPS) is 15.1. The lowest BCUT2D eigenvalue weighted by Crippen LogP contribution is -2.33. The molecule has 0 saturated heterocycles. The highest BCUT2D eigenvalue weighted by molar-refractivity contribution is 7.86. The maximum atomic E-state index is 13.4. The standard InChI is InChI=1S/C31H38N2O10S/c1-21-12-14-26(15-13-21)44(38,39)43-17-8-6-5-7-16-41-30(34)27-22(2)32-23(3)28(31(35)42-19-18-40-4)29(27)24-10-9-11-25(20-24)33(36)37/h9-15,20,29,32H,5-8,16-19H2,1-4H3. The van der Waals surface area contributed by atoms with Crippen LogP contribution in [0.1, 0.15) is 56.6 Å². The van der Waals surface area contributed by atoms with Crippen LogP contribution >= 0.6 is 0 Å². The van der Waals surface area contributed by atoms with Crippen LogP contribution in [-0.4, -0.2) is 58.8 Å². The number of benzene rings is 2. The van der Waals surface area contributed by atoms with E-state index >= 15 is 0 Å². The summed E-state index contributed by atoms with van der Waals surface area (Å²) < 4.78 is 45.6. The number of nitro benzene ring substituents is 1. The van der Waals surface area contributed by atoms with Gasteiger partial charge in [-0.25, -0.2) is 9.59 Å². The molecule has 1 atom stereocenters. The lowest BCUT2D eigenvalue weighted by atomic mass is 9.80. The van der Waals surface area contributed by atoms with Crippen molar-refractivity contribution in [1.29, 1.82) is 0 Å². The fourth-order valence-corrected chi connectivity index (χ4v) is 5.67. The number of nitrogens with one attached hydrogen (secondary N) is 1. The number of unbranched alkanes of at least 4 members (excludes halogenated alkanes) is 3. The number of allylic oxidation sites excluding steroid dienone is 2. The van der Waals surface area contributed by atoms with Gasteiger partial charge in [0.1, 0.15) is 6.61 Å². The first-order valence-electron chi connectivity index (χ1n) is 14.2. The molecule has 0 amide bonds. The number of rotatable bonds is 16. The van der Waals surface area contributed by atoms with Gasteiger partial charge in [-0.2, -0.15) is 8.42 Å². The monoisotopic (exact) mass is 630 g/mol. The summed E-state index contributed by atoms with van der Waals surface area (Å²) in [6.07, 6.45) is 2.32. The Labute approximate surface area is 257 Å². The molecule has 3 rings (SSSR count). The number of carbonyl (C=O) groups excluding carboxylic acids is 2. The van der Waals surface area contributed by atoms with Gasteiger partial charge in [-0.05, 0) is 57.7 Å². The van der Waals surface area contributed by atoms with Gasteiger partial charge < -0.3 is 19.5 Å². The SMILES string of the molecule is COCCOC(=O)C1=C(C)NC(C)=C(C(=O)OCCCCCCOS(=O)(=O)c2ccc(C)cc2)C1c1cccc([N+](=O)[O-])c1. The number of nitrogens with zero attached hydrogens (tertiary/aromatic N) is 1. The van der Waals surface area contributed by atoms with Crippen molar-refractivity contribution in [2.45, 2.75) is 57.3 Å². The van der Waals surface area contributed by atoms with E-state index in [9.17, 15) is 28.1 Å². The van der Waals surface area contributed by atoms with Crippen LogP contribution < -0.4 is 5.32 Å². The second-order valence-corrected chi connectivity index (χ2v) is 11.9. The molecule has 0 fully saturated rings. The van der Waals surface area contributed by atoms with E-state index in [0.717, 1.165) is 5.56 Å². The number of hydrogen-bond acceptors (Lipinski definition) is 11. The minimum atomic E-state index is -3.82. The zero-order valence-corrected chi connectivity index (χ0v) is 26.1. The first kappa shape index (κ1) is 34.4. The molecular formula is C31H38N2O10S. The molecule has 0 saturated carbocycles. The molecule has 1 unspecified atom stereocenters. The Hall–Kier alpha value is -4.07. The Morgan fingerprint density at radius 2 is 1.43 bits per heavy atom. The molecule has 44 heavy (non-hydrogen) atoms. The summed E-state index contributed by atoms with van der Waals surface area (Å²) in [7, 11) is -2.35. The third-order valence-electron chi connectivity index (χ3n) is 6.96. The van der Waals surface area contributed by atoms with Crippen LogP contribution in [0.2, 0.25) is 0 Å². The van der Waals surface area contributed by atoms with Crippen molar-refractivity contribution < 1.29 is 41.3 Å². The van der Waals surface area contributed by atoms with Crippen LogP contribution in [-0.2, 0) is 38.1 Å². The highest BCUT2D eigenvalue weighted by Crippen LogP contribution is 2.40. The van der Waals surface area contributed by atoms with Crippen LogP contribution in [0.25, 0.3) is 0 Å². The third kappa shape index (κ3) is 9.21. The van der Waals surface area contributed by atoms with Crippen molar-refractivity contribution in [3.05, 3.63) is 92.3 Å². The number of methoxy groups -OCH3 is 1. The minimum absolute atomic E-state index is 0.0147. The van der Waals surface area contributed by atoms with E-state index in [1.165, 1.54) is 37.4 Å². The molecule has 238 valence electrons. The van der Waals surface area contributed by atoms with E-state index in [0.29, 0.717) is 42.6 Å². The van der Waals surface area contributed by atoms with Gasteiger partial charge in [0.15, 0.2) is 0 Å². The number of ether oxygens (including phenoxy) is 3. The lowest BCUT2D eigenvalue weighted by molar-refractivity contribution is -0.384. The van der Waals surface area contributed by atoms with Crippen molar-refractivity contribution in [1.82, 2.24) is 5.32 Å². The highest BCUT2D eigenvalue weighted by Gasteiger charge is 2.38. The van der Waals surface area contributed by atoms with E-state index < -0.39 is 32.9 Å². The van der Waals surface area contributed by atoms with Gasteiger partial charge in [0.2, 0.25) is 0 Å². The molecule has 0 bridgehead atoms. The maximum absolute atomic E-state index is 13.4. The molecule has 12 nitrogen and oxygen atoms in total. The number of carbonyl (C=O) groups is 2. The van der Waals surface area contributed by atoms with Crippen LogP contribution in [0.5, 0.6) is 0 Å². The van der Waals surface area contributed by atoms with Crippen LogP contribution in [0.15, 0.2) is 76.0 Å². The number of hydrogen-bond donors (Lipinski definition) is 1. The van der Waals surface area contributed by atoms with Crippen LogP contribution in [0.3, 0.4) is 0 Å². The second kappa shape index (κ2) is 16.1. The summed E-state index contributed by atoms with van der Waals surface area (Å²) in [6.45, 7) is 5.47. The van der Waals surface area contributed by atoms with Gasteiger partial charge in [0.25, 0.3) is 15.8 Å². The third-order valence-corrected chi connectivity index (χ3v) is 8.28. The van der Waals surface area contributed by atoms with Gasteiger partial charge in [0.05, 0.1) is 46.7 Å². The Bertz CT molecular complexity index is 1510. The molecule has 0 aliphatic carbocycles. The number of dihydropyridines is 1. The van der Waals surface area contributed by atoms with Crippen molar-refractivity contribution in [2.75, 3.05) is 33.5 Å². The summed E-state index contributed by atoms with van der Waals surface area (Å²) >= 11 is 0. The van der Waals surface area contributed by atoms with E-state index in [1.807, 2.05) is 6.92 Å². The summed E-state index contributed by atoms with van der Waals surface area (Å²) in [5.41, 5.74) is 2.30. The van der Waals surface area contributed by atoms with E-state index in [-0.39, 0.29) is 48.2 Å². The summed E-state index contributed by atoms with van der Waals surface area (Å²) in [6, 6.07) is 12.2. The quantitative estimate of drug-likeness (QED) is 0.0889. The molecule has 1 N–H and O–H groups in total. The van der Waals surface area contributed by atoms with Crippen molar-refractivity contribution >= 4 is 27.7 Å². The fourth-order valence-electron chi connectivity index (χ4n) is 4.72. The molecule has 0 spiro atoms. The zero-order valence-electron chi connectivity index (χ0n) is 25.3. The van der Waals surface area contributed by atoms with Crippen LogP contribution in [0.4, 0.5) is 5.69 Å². The zero-order chi connectivity index (χ0) is 32.3. The maximum Gasteiger partial charge on any atom is 0.336 e. The van der Waals surface area contributed by atoms with E-state index in [4.69, 9.17) is 18.4 Å². The number of non-ortho nitro benzene ring substituents is 1. The highest BCUT2D eigenvalue weighted by atomic mass is 32.2. The predicted molar refractivity (Wildman–Crippen MR) is 161 cm³/mol.